The van der Waals surface area contributed by atoms with Gasteiger partial charge in [0.15, 0.2) is 11.5 Å². The van der Waals surface area contributed by atoms with Gasteiger partial charge in [0.2, 0.25) is 0 Å². The van der Waals surface area contributed by atoms with E-state index in [-0.39, 0.29) is 5.91 Å². The number of nitrogens with zero attached hydrogens (tertiary/aromatic N) is 4. The third kappa shape index (κ3) is 4.07. The van der Waals surface area contributed by atoms with Gasteiger partial charge in [-0.05, 0) is 42.0 Å². The summed E-state index contributed by atoms with van der Waals surface area (Å²) in [4.78, 5) is 14.6. The molecule has 0 aliphatic heterocycles. The molecule has 1 amide bonds. The van der Waals surface area contributed by atoms with Crippen LogP contribution in [0.4, 0.5) is 5.69 Å². The maximum Gasteiger partial charge on any atom is 0.251 e. The summed E-state index contributed by atoms with van der Waals surface area (Å²) in [5.74, 6) is 0.520. The first kappa shape index (κ1) is 19.0. The number of hydrogen-bond donors (Lipinski definition) is 1. The first-order valence-corrected chi connectivity index (χ1v) is 9.54. The fraction of sp³-hybridized carbons (Fsp3) is 0.136. The van der Waals surface area contributed by atoms with E-state index in [1.165, 1.54) is 0 Å². The van der Waals surface area contributed by atoms with Crippen LogP contribution >= 0.6 is 11.6 Å². The Labute approximate surface area is 173 Å². The number of carbonyl (C=O) groups is 1. The van der Waals surface area contributed by atoms with E-state index in [0.717, 1.165) is 16.8 Å². The summed E-state index contributed by atoms with van der Waals surface area (Å²) in [7, 11) is 3.99. The van der Waals surface area contributed by atoms with Gasteiger partial charge >= 0.3 is 0 Å². The number of anilines is 1. The van der Waals surface area contributed by atoms with Crippen LogP contribution < -0.4 is 10.2 Å². The first-order chi connectivity index (χ1) is 14.0. The molecule has 2 aromatic carbocycles. The van der Waals surface area contributed by atoms with Crippen LogP contribution in [0.25, 0.3) is 17.0 Å². The summed E-state index contributed by atoms with van der Waals surface area (Å²) in [6.45, 7) is 0.457. The monoisotopic (exact) mass is 405 g/mol. The topological polar surface area (TPSA) is 62.5 Å². The Bertz CT molecular complexity index is 1170. The van der Waals surface area contributed by atoms with Crippen molar-refractivity contribution in [3.8, 4) is 11.4 Å². The van der Waals surface area contributed by atoms with Crippen LogP contribution in [0.3, 0.4) is 0 Å². The van der Waals surface area contributed by atoms with Crippen LogP contribution in [0.15, 0.2) is 66.9 Å². The second-order valence-corrected chi connectivity index (χ2v) is 7.36. The standard InChI is InChI=1S/C22H20ClN5O/c1-27(2)19-8-6-15(7-9-19)14-24-22(29)17-10-11-28-20(13-17)25-26-21(28)16-4-3-5-18(23)12-16/h3-13H,14H2,1-2H3,(H,24,29). The highest BCUT2D eigenvalue weighted by molar-refractivity contribution is 6.30. The van der Waals surface area contributed by atoms with Gasteiger partial charge in [-0.2, -0.15) is 0 Å². The number of hydrogen-bond acceptors (Lipinski definition) is 4. The van der Waals surface area contributed by atoms with Crippen molar-refractivity contribution in [1.29, 1.82) is 0 Å². The van der Waals surface area contributed by atoms with Crippen LogP contribution in [0, 0.1) is 0 Å². The highest BCUT2D eigenvalue weighted by Crippen LogP contribution is 2.22. The van der Waals surface area contributed by atoms with Gasteiger partial charge in [0, 0.05) is 48.7 Å². The molecule has 2 heterocycles. The molecule has 4 aromatic rings. The number of amides is 1. The average molecular weight is 406 g/mol. The number of halogens is 1. The van der Waals surface area contributed by atoms with E-state index in [1.54, 1.807) is 18.3 Å². The Hall–Kier alpha value is -3.38. The van der Waals surface area contributed by atoms with Crippen molar-refractivity contribution in [1.82, 2.24) is 19.9 Å². The molecule has 0 saturated carbocycles. The minimum absolute atomic E-state index is 0.156. The minimum atomic E-state index is -0.156. The van der Waals surface area contributed by atoms with Gasteiger partial charge in [0.25, 0.3) is 5.91 Å². The van der Waals surface area contributed by atoms with Gasteiger partial charge in [-0.15, -0.1) is 10.2 Å². The molecule has 0 atom stereocenters. The number of aromatic nitrogens is 3. The fourth-order valence-corrected chi connectivity index (χ4v) is 3.24. The largest absolute Gasteiger partial charge is 0.378 e. The molecule has 6 nitrogen and oxygen atoms in total. The highest BCUT2D eigenvalue weighted by Gasteiger charge is 2.12. The molecule has 4 rings (SSSR count). The van der Waals surface area contributed by atoms with E-state index in [0.29, 0.717) is 28.6 Å². The molecule has 2 aromatic heterocycles. The summed E-state index contributed by atoms with van der Waals surface area (Å²) >= 11 is 6.08. The van der Waals surface area contributed by atoms with Gasteiger partial charge in [-0.3, -0.25) is 9.20 Å². The second-order valence-electron chi connectivity index (χ2n) is 6.92. The number of rotatable bonds is 5. The molecule has 0 saturated heterocycles. The first-order valence-electron chi connectivity index (χ1n) is 9.16. The molecule has 29 heavy (non-hydrogen) atoms. The van der Waals surface area contributed by atoms with E-state index in [1.807, 2.05) is 71.9 Å². The molecule has 0 aliphatic rings. The molecule has 7 heteroatoms. The Morgan fingerprint density at radius 2 is 1.86 bits per heavy atom. The van der Waals surface area contributed by atoms with E-state index >= 15 is 0 Å². The molecule has 0 unspecified atom stereocenters. The van der Waals surface area contributed by atoms with E-state index < -0.39 is 0 Å². The zero-order chi connectivity index (χ0) is 20.4. The molecular formula is C22H20ClN5O. The Balaban J connectivity index is 1.50. The van der Waals surface area contributed by atoms with E-state index in [9.17, 15) is 4.79 Å². The maximum atomic E-state index is 12.6. The van der Waals surface area contributed by atoms with Crippen molar-refractivity contribution in [2.45, 2.75) is 6.54 Å². The Kier molecular flexibility index (Phi) is 5.18. The summed E-state index contributed by atoms with van der Waals surface area (Å²) in [6.07, 6.45) is 1.80. The molecule has 0 radical (unpaired) electrons. The van der Waals surface area contributed by atoms with Crippen molar-refractivity contribution >= 4 is 28.8 Å². The lowest BCUT2D eigenvalue weighted by atomic mass is 10.2. The van der Waals surface area contributed by atoms with Crippen LogP contribution in [0.5, 0.6) is 0 Å². The average Bonchev–Trinajstić information content (AvgIpc) is 3.15. The zero-order valence-corrected chi connectivity index (χ0v) is 16.9. The fourth-order valence-electron chi connectivity index (χ4n) is 3.05. The highest BCUT2D eigenvalue weighted by atomic mass is 35.5. The van der Waals surface area contributed by atoms with Gasteiger partial charge in [-0.25, -0.2) is 0 Å². The molecule has 0 fully saturated rings. The van der Waals surface area contributed by atoms with Gasteiger partial charge in [0.05, 0.1) is 0 Å². The third-order valence-electron chi connectivity index (χ3n) is 4.66. The third-order valence-corrected chi connectivity index (χ3v) is 4.90. The molecule has 146 valence electrons. The van der Waals surface area contributed by atoms with Crippen molar-refractivity contribution in [2.24, 2.45) is 0 Å². The van der Waals surface area contributed by atoms with Crippen LogP contribution in [-0.2, 0) is 6.54 Å². The van der Waals surface area contributed by atoms with Crippen molar-refractivity contribution in [3.05, 3.63) is 83.0 Å². The number of pyridine rings is 1. The van der Waals surface area contributed by atoms with E-state index in [4.69, 9.17) is 11.6 Å². The molecule has 0 bridgehead atoms. The summed E-state index contributed by atoms with van der Waals surface area (Å²) in [5, 5.41) is 12.0. The van der Waals surface area contributed by atoms with Gasteiger partial charge < -0.3 is 10.2 Å². The smallest absolute Gasteiger partial charge is 0.251 e. The summed E-state index contributed by atoms with van der Waals surface area (Å²) < 4.78 is 1.84. The second kappa shape index (κ2) is 7.93. The predicted molar refractivity (Wildman–Crippen MR) is 115 cm³/mol. The van der Waals surface area contributed by atoms with Crippen LogP contribution in [0.2, 0.25) is 5.02 Å². The lowest BCUT2D eigenvalue weighted by Crippen LogP contribution is -2.23. The maximum absolute atomic E-state index is 12.6. The molecule has 0 spiro atoms. The predicted octanol–water partition coefficient (Wildman–Crippen LogP) is 4.05. The normalized spacial score (nSPS) is 10.9. The van der Waals surface area contributed by atoms with Crippen molar-refractivity contribution in [3.63, 3.8) is 0 Å². The number of benzene rings is 2. The number of carbonyl (C=O) groups excluding carboxylic acids is 1. The Morgan fingerprint density at radius 3 is 2.59 bits per heavy atom. The van der Waals surface area contributed by atoms with E-state index in [2.05, 4.69) is 15.5 Å². The Morgan fingerprint density at radius 1 is 1.07 bits per heavy atom. The van der Waals surface area contributed by atoms with Gasteiger partial charge in [0.1, 0.15) is 0 Å². The minimum Gasteiger partial charge on any atom is -0.378 e. The zero-order valence-electron chi connectivity index (χ0n) is 16.1. The van der Waals surface area contributed by atoms with Crippen LogP contribution in [0.1, 0.15) is 15.9 Å². The summed E-state index contributed by atoms with van der Waals surface area (Å²) in [5.41, 5.74) is 4.15. The van der Waals surface area contributed by atoms with Crippen molar-refractivity contribution < 1.29 is 4.79 Å². The molecule has 1 N–H and O–H groups in total. The van der Waals surface area contributed by atoms with Crippen LogP contribution in [-0.4, -0.2) is 34.6 Å². The number of nitrogens with one attached hydrogen (secondary N) is 1. The quantitative estimate of drug-likeness (QED) is 0.544. The lowest BCUT2D eigenvalue weighted by molar-refractivity contribution is 0.0951. The number of fused-ring (bicyclic) bond motifs is 1. The molecular weight excluding hydrogens is 386 g/mol. The van der Waals surface area contributed by atoms with Crippen molar-refractivity contribution in [2.75, 3.05) is 19.0 Å². The molecule has 0 aliphatic carbocycles. The SMILES string of the molecule is CN(C)c1ccc(CNC(=O)c2ccn3c(-c4cccc(Cl)c4)nnc3c2)cc1. The lowest BCUT2D eigenvalue weighted by Gasteiger charge is -2.13. The summed E-state index contributed by atoms with van der Waals surface area (Å²) in [6, 6.07) is 19.0. The van der Waals surface area contributed by atoms with Gasteiger partial charge in [-0.1, -0.05) is 35.9 Å².